The Morgan fingerprint density at radius 1 is 1.10 bits per heavy atom. The summed E-state index contributed by atoms with van der Waals surface area (Å²) in [7, 11) is 3.35. The second-order valence-electron chi connectivity index (χ2n) is 4.80. The molecule has 1 N–H and O–H groups in total. The molecule has 0 aliphatic carbocycles. The molecular weight excluding hydrogens is 330 g/mol. The molecule has 0 saturated carbocycles. The molecule has 0 amide bonds. The van der Waals surface area contributed by atoms with E-state index in [1.165, 1.54) is 5.56 Å². The summed E-state index contributed by atoms with van der Waals surface area (Å²) in [4.78, 5) is 0. The third-order valence-electron chi connectivity index (χ3n) is 3.46. The molecule has 0 aliphatic heterocycles. The minimum Gasteiger partial charge on any atom is -0.497 e. The Hall–Kier alpha value is -1.52. The zero-order valence-corrected chi connectivity index (χ0v) is 14.1. The van der Waals surface area contributed by atoms with Crippen LogP contribution in [0.5, 0.6) is 11.5 Å². The number of halogens is 1. The monoisotopic (exact) mass is 349 g/mol. The predicted octanol–water partition coefficient (Wildman–Crippen LogP) is 4.32. The summed E-state index contributed by atoms with van der Waals surface area (Å²) in [5.41, 5.74) is 2.31. The zero-order chi connectivity index (χ0) is 15.2. The fourth-order valence-electron chi connectivity index (χ4n) is 2.22. The Morgan fingerprint density at radius 2 is 1.86 bits per heavy atom. The highest BCUT2D eigenvalue weighted by atomic mass is 79.9. The molecule has 4 heteroatoms. The summed E-state index contributed by atoms with van der Waals surface area (Å²) in [6.07, 6.45) is 0. The van der Waals surface area contributed by atoms with Crippen LogP contribution >= 0.6 is 15.9 Å². The maximum absolute atomic E-state index is 5.40. The average molecular weight is 350 g/mol. The van der Waals surface area contributed by atoms with Crippen LogP contribution in [-0.4, -0.2) is 14.2 Å². The number of methoxy groups -OCH3 is 2. The van der Waals surface area contributed by atoms with Gasteiger partial charge in [0, 0.05) is 22.6 Å². The van der Waals surface area contributed by atoms with E-state index in [0.717, 1.165) is 21.5 Å². The van der Waals surface area contributed by atoms with E-state index in [0.29, 0.717) is 6.54 Å². The molecule has 2 aromatic carbocycles. The van der Waals surface area contributed by atoms with Crippen LogP contribution in [0, 0.1) is 0 Å². The van der Waals surface area contributed by atoms with Gasteiger partial charge in [0.05, 0.1) is 14.2 Å². The van der Waals surface area contributed by atoms with E-state index < -0.39 is 0 Å². The third kappa shape index (κ3) is 3.99. The van der Waals surface area contributed by atoms with Gasteiger partial charge in [0.15, 0.2) is 0 Å². The second kappa shape index (κ2) is 7.48. The lowest BCUT2D eigenvalue weighted by molar-refractivity contribution is 0.395. The fraction of sp³-hybridized carbons (Fsp3) is 0.294. The van der Waals surface area contributed by atoms with Gasteiger partial charge in [-0.1, -0.05) is 34.1 Å². The number of nitrogens with one attached hydrogen (secondary N) is 1. The smallest absolute Gasteiger partial charge is 0.123 e. The van der Waals surface area contributed by atoms with Crippen LogP contribution in [0.4, 0.5) is 0 Å². The van der Waals surface area contributed by atoms with Crippen molar-refractivity contribution in [2.75, 3.05) is 14.2 Å². The molecule has 112 valence electrons. The van der Waals surface area contributed by atoms with E-state index in [1.54, 1.807) is 14.2 Å². The fourth-order valence-corrected chi connectivity index (χ4v) is 2.85. The van der Waals surface area contributed by atoms with Crippen molar-refractivity contribution in [3.63, 3.8) is 0 Å². The highest BCUT2D eigenvalue weighted by molar-refractivity contribution is 9.10. The molecule has 0 heterocycles. The van der Waals surface area contributed by atoms with Crippen molar-refractivity contribution in [3.8, 4) is 11.5 Å². The normalized spacial score (nSPS) is 12.0. The molecule has 3 nitrogen and oxygen atoms in total. The highest BCUT2D eigenvalue weighted by Gasteiger charge is 2.10. The molecule has 0 aromatic heterocycles. The number of benzene rings is 2. The quantitative estimate of drug-likeness (QED) is 0.842. The van der Waals surface area contributed by atoms with Crippen molar-refractivity contribution in [2.24, 2.45) is 0 Å². The molecule has 0 aliphatic rings. The first-order valence-electron chi connectivity index (χ1n) is 6.84. The number of hydrogen-bond donors (Lipinski definition) is 1. The third-order valence-corrected chi connectivity index (χ3v) is 4.18. The largest absolute Gasteiger partial charge is 0.497 e. The van der Waals surface area contributed by atoms with Crippen molar-refractivity contribution >= 4 is 15.9 Å². The van der Waals surface area contributed by atoms with Crippen molar-refractivity contribution in [2.45, 2.75) is 19.5 Å². The van der Waals surface area contributed by atoms with Gasteiger partial charge >= 0.3 is 0 Å². The molecule has 0 radical (unpaired) electrons. The van der Waals surface area contributed by atoms with Crippen LogP contribution in [0.3, 0.4) is 0 Å². The van der Waals surface area contributed by atoms with Gasteiger partial charge < -0.3 is 14.8 Å². The van der Waals surface area contributed by atoms with E-state index in [2.05, 4.69) is 40.3 Å². The SMILES string of the molecule is COc1ccc(OC)c(CN[C@@H](C)c2ccccc2Br)c1. The Labute approximate surface area is 134 Å². The maximum atomic E-state index is 5.40. The molecule has 0 bridgehead atoms. The van der Waals surface area contributed by atoms with Crippen LogP contribution in [0.2, 0.25) is 0 Å². The van der Waals surface area contributed by atoms with E-state index >= 15 is 0 Å². The topological polar surface area (TPSA) is 30.5 Å². The molecule has 0 saturated heterocycles. The van der Waals surface area contributed by atoms with E-state index in [1.807, 2.05) is 30.3 Å². The van der Waals surface area contributed by atoms with Gasteiger partial charge in [0.25, 0.3) is 0 Å². The lowest BCUT2D eigenvalue weighted by atomic mass is 10.1. The lowest BCUT2D eigenvalue weighted by Crippen LogP contribution is -2.19. The van der Waals surface area contributed by atoms with Crippen LogP contribution in [0.15, 0.2) is 46.9 Å². The zero-order valence-electron chi connectivity index (χ0n) is 12.5. The Kier molecular flexibility index (Phi) is 5.65. The predicted molar refractivity (Wildman–Crippen MR) is 88.9 cm³/mol. The summed E-state index contributed by atoms with van der Waals surface area (Å²) >= 11 is 3.59. The van der Waals surface area contributed by atoms with Crippen LogP contribution in [-0.2, 0) is 6.54 Å². The Bertz CT molecular complexity index is 601. The molecule has 2 rings (SSSR count). The summed E-state index contributed by atoms with van der Waals surface area (Å²) in [5.74, 6) is 1.70. The number of rotatable bonds is 6. The van der Waals surface area contributed by atoms with E-state index in [-0.39, 0.29) is 6.04 Å². The summed E-state index contributed by atoms with van der Waals surface area (Å²) < 4.78 is 11.8. The van der Waals surface area contributed by atoms with Crippen molar-refractivity contribution in [1.82, 2.24) is 5.32 Å². The Balaban J connectivity index is 2.10. The van der Waals surface area contributed by atoms with Crippen LogP contribution in [0.1, 0.15) is 24.1 Å². The first-order chi connectivity index (χ1) is 10.2. The van der Waals surface area contributed by atoms with Gasteiger partial charge in [-0.2, -0.15) is 0 Å². The minimum absolute atomic E-state index is 0.233. The van der Waals surface area contributed by atoms with E-state index in [9.17, 15) is 0 Å². The summed E-state index contributed by atoms with van der Waals surface area (Å²) in [6.45, 7) is 2.86. The van der Waals surface area contributed by atoms with Crippen molar-refractivity contribution in [3.05, 3.63) is 58.1 Å². The summed E-state index contributed by atoms with van der Waals surface area (Å²) in [5, 5.41) is 3.52. The van der Waals surface area contributed by atoms with Gasteiger partial charge in [-0.3, -0.25) is 0 Å². The van der Waals surface area contributed by atoms with Gasteiger partial charge in [-0.25, -0.2) is 0 Å². The Morgan fingerprint density at radius 3 is 2.52 bits per heavy atom. The van der Waals surface area contributed by atoms with Crippen LogP contribution < -0.4 is 14.8 Å². The van der Waals surface area contributed by atoms with Gasteiger partial charge in [0.2, 0.25) is 0 Å². The van der Waals surface area contributed by atoms with E-state index in [4.69, 9.17) is 9.47 Å². The van der Waals surface area contributed by atoms with Crippen molar-refractivity contribution < 1.29 is 9.47 Å². The maximum Gasteiger partial charge on any atom is 0.123 e. The first kappa shape index (κ1) is 15.9. The number of hydrogen-bond acceptors (Lipinski definition) is 3. The minimum atomic E-state index is 0.233. The standard InChI is InChI=1S/C17H20BrNO2/c1-12(15-6-4-5-7-16(15)18)19-11-13-10-14(20-2)8-9-17(13)21-3/h4-10,12,19H,11H2,1-3H3/t12-/m0/s1. The highest BCUT2D eigenvalue weighted by Crippen LogP contribution is 2.26. The second-order valence-corrected chi connectivity index (χ2v) is 5.66. The van der Waals surface area contributed by atoms with Gasteiger partial charge in [0.1, 0.15) is 11.5 Å². The van der Waals surface area contributed by atoms with Gasteiger partial charge in [-0.15, -0.1) is 0 Å². The molecule has 0 spiro atoms. The first-order valence-corrected chi connectivity index (χ1v) is 7.63. The molecule has 2 aromatic rings. The molecule has 0 fully saturated rings. The molecule has 21 heavy (non-hydrogen) atoms. The van der Waals surface area contributed by atoms with Gasteiger partial charge in [-0.05, 0) is 36.8 Å². The molecule has 1 atom stereocenters. The lowest BCUT2D eigenvalue weighted by Gasteiger charge is -2.17. The summed E-state index contributed by atoms with van der Waals surface area (Å²) in [6, 6.07) is 14.3. The molecule has 0 unspecified atom stereocenters. The number of ether oxygens (including phenoxy) is 2. The average Bonchev–Trinajstić information content (AvgIpc) is 2.52. The van der Waals surface area contributed by atoms with Crippen LogP contribution in [0.25, 0.3) is 0 Å². The van der Waals surface area contributed by atoms with Crippen molar-refractivity contribution in [1.29, 1.82) is 0 Å². The molecular formula is C17H20BrNO2.